The number of nitrogens with one attached hydrogen (secondary N) is 1. The lowest BCUT2D eigenvalue weighted by Gasteiger charge is -2.19. The highest BCUT2D eigenvalue weighted by molar-refractivity contribution is 5.38. The van der Waals surface area contributed by atoms with Gasteiger partial charge in [0.1, 0.15) is 18.2 Å². The zero-order valence-corrected chi connectivity index (χ0v) is 11.8. The standard InChI is InChI=1S/C16H21N3O/c1-2-18-14(11-13-7-6-10-19-16(13)17)12-20-15-8-4-3-5-9-15/h3-10,14,18H,2,11-12H2,1H3,(H2,17,19). The van der Waals surface area contributed by atoms with Crippen LogP contribution in [0.4, 0.5) is 5.82 Å². The van der Waals surface area contributed by atoms with Crippen LogP contribution in [-0.2, 0) is 6.42 Å². The van der Waals surface area contributed by atoms with Crippen molar-refractivity contribution in [2.75, 3.05) is 18.9 Å². The summed E-state index contributed by atoms with van der Waals surface area (Å²) in [6.45, 7) is 3.58. The maximum atomic E-state index is 5.89. The normalized spacial score (nSPS) is 12.1. The molecule has 2 rings (SSSR count). The number of hydrogen-bond donors (Lipinski definition) is 2. The molecule has 0 aliphatic rings. The predicted octanol–water partition coefficient (Wildman–Crippen LogP) is 2.26. The SMILES string of the molecule is CCNC(COc1ccccc1)Cc1cccnc1N. The van der Waals surface area contributed by atoms with Crippen LogP contribution in [-0.4, -0.2) is 24.2 Å². The van der Waals surface area contributed by atoms with Crippen molar-refractivity contribution in [1.82, 2.24) is 10.3 Å². The van der Waals surface area contributed by atoms with Crippen LogP contribution in [0.25, 0.3) is 0 Å². The molecule has 1 unspecified atom stereocenters. The monoisotopic (exact) mass is 271 g/mol. The summed E-state index contributed by atoms with van der Waals surface area (Å²) in [4.78, 5) is 4.12. The minimum absolute atomic E-state index is 0.215. The van der Waals surface area contributed by atoms with Gasteiger partial charge in [-0.25, -0.2) is 4.98 Å². The molecule has 1 heterocycles. The number of para-hydroxylation sites is 1. The Balaban J connectivity index is 1.95. The summed E-state index contributed by atoms with van der Waals surface area (Å²) >= 11 is 0. The first kappa shape index (κ1) is 14.3. The van der Waals surface area contributed by atoms with E-state index in [9.17, 15) is 0 Å². The van der Waals surface area contributed by atoms with E-state index in [4.69, 9.17) is 10.5 Å². The van der Waals surface area contributed by atoms with Gasteiger partial charge in [0.05, 0.1) is 0 Å². The van der Waals surface area contributed by atoms with Crippen molar-refractivity contribution in [2.24, 2.45) is 0 Å². The number of pyridine rings is 1. The number of nitrogen functional groups attached to an aromatic ring is 1. The van der Waals surface area contributed by atoms with Crippen LogP contribution in [0.3, 0.4) is 0 Å². The van der Waals surface area contributed by atoms with E-state index in [-0.39, 0.29) is 6.04 Å². The summed E-state index contributed by atoms with van der Waals surface area (Å²) in [5, 5.41) is 3.42. The molecule has 0 aliphatic heterocycles. The van der Waals surface area contributed by atoms with Crippen LogP contribution in [0.5, 0.6) is 5.75 Å². The average molecular weight is 271 g/mol. The van der Waals surface area contributed by atoms with Crippen LogP contribution >= 0.6 is 0 Å². The van der Waals surface area contributed by atoms with Crippen LogP contribution in [0.15, 0.2) is 48.7 Å². The Bertz CT molecular complexity index is 516. The number of ether oxygens (including phenoxy) is 1. The number of hydrogen-bond acceptors (Lipinski definition) is 4. The Kier molecular flexibility index (Phi) is 5.38. The van der Waals surface area contributed by atoms with E-state index in [1.54, 1.807) is 6.20 Å². The second-order valence-electron chi connectivity index (χ2n) is 4.63. The van der Waals surface area contributed by atoms with E-state index in [1.807, 2.05) is 42.5 Å². The number of nitrogens with zero attached hydrogens (tertiary/aromatic N) is 1. The first-order valence-corrected chi connectivity index (χ1v) is 6.90. The molecule has 0 fully saturated rings. The lowest BCUT2D eigenvalue weighted by atomic mass is 10.1. The van der Waals surface area contributed by atoms with Gasteiger partial charge in [0.25, 0.3) is 0 Å². The molecule has 0 saturated carbocycles. The third-order valence-corrected chi connectivity index (χ3v) is 3.08. The van der Waals surface area contributed by atoms with E-state index >= 15 is 0 Å². The maximum Gasteiger partial charge on any atom is 0.126 e. The molecule has 4 heteroatoms. The predicted molar refractivity (Wildman–Crippen MR) is 81.8 cm³/mol. The quantitative estimate of drug-likeness (QED) is 0.811. The van der Waals surface area contributed by atoms with Gasteiger partial charge in [0.15, 0.2) is 0 Å². The van der Waals surface area contributed by atoms with Gasteiger partial charge in [-0.3, -0.25) is 0 Å². The topological polar surface area (TPSA) is 60.2 Å². The molecule has 0 spiro atoms. The van der Waals surface area contributed by atoms with Crippen molar-refractivity contribution in [3.05, 3.63) is 54.2 Å². The Morgan fingerprint density at radius 1 is 1.20 bits per heavy atom. The van der Waals surface area contributed by atoms with Gasteiger partial charge in [0.2, 0.25) is 0 Å². The molecule has 0 radical (unpaired) electrons. The maximum absolute atomic E-state index is 5.89. The number of aromatic nitrogens is 1. The zero-order valence-electron chi connectivity index (χ0n) is 11.8. The van der Waals surface area contributed by atoms with E-state index in [1.165, 1.54) is 0 Å². The largest absolute Gasteiger partial charge is 0.492 e. The molecule has 1 aromatic heterocycles. The fourth-order valence-corrected chi connectivity index (χ4v) is 2.08. The fraction of sp³-hybridized carbons (Fsp3) is 0.312. The van der Waals surface area contributed by atoms with Crippen LogP contribution < -0.4 is 15.8 Å². The van der Waals surface area contributed by atoms with E-state index in [2.05, 4.69) is 17.2 Å². The Morgan fingerprint density at radius 2 is 2.00 bits per heavy atom. The molecule has 0 saturated heterocycles. The molecular weight excluding hydrogens is 250 g/mol. The smallest absolute Gasteiger partial charge is 0.126 e. The van der Waals surface area contributed by atoms with Gasteiger partial charge in [-0.2, -0.15) is 0 Å². The van der Waals surface area contributed by atoms with Crippen molar-refractivity contribution in [1.29, 1.82) is 0 Å². The Hall–Kier alpha value is -2.07. The molecule has 0 amide bonds. The molecule has 2 aromatic rings. The number of nitrogens with two attached hydrogens (primary N) is 1. The van der Waals surface area contributed by atoms with Crippen molar-refractivity contribution in [3.63, 3.8) is 0 Å². The lowest BCUT2D eigenvalue weighted by Crippen LogP contribution is -2.36. The van der Waals surface area contributed by atoms with E-state index in [0.717, 1.165) is 24.3 Å². The summed E-state index contributed by atoms with van der Waals surface area (Å²) < 4.78 is 5.81. The molecule has 1 aromatic carbocycles. The van der Waals surface area contributed by atoms with Crippen LogP contribution in [0.1, 0.15) is 12.5 Å². The van der Waals surface area contributed by atoms with Gasteiger partial charge >= 0.3 is 0 Å². The molecule has 0 bridgehead atoms. The molecule has 1 atom stereocenters. The summed E-state index contributed by atoms with van der Waals surface area (Å²) in [5.41, 5.74) is 6.94. The highest BCUT2D eigenvalue weighted by Crippen LogP contribution is 2.12. The van der Waals surface area contributed by atoms with Gasteiger partial charge in [-0.1, -0.05) is 31.2 Å². The first-order valence-electron chi connectivity index (χ1n) is 6.90. The summed E-state index contributed by atoms with van der Waals surface area (Å²) in [7, 11) is 0. The number of benzene rings is 1. The molecule has 20 heavy (non-hydrogen) atoms. The minimum Gasteiger partial charge on any atom is -0.492 e. The Morgan fingerprint density at radius 3 is 2.70 bits per heavy atom. The highest BCUT2D eigenvalue weighted by atomic mass is 16.5. The number of rotatable bonds is 7. The van der Waals surface area contributed by atoms with E-state index < -0.39 is 0 Å². The van der Waals surface area contributed by atoms with Crippen molar-refractivity contribution in [2.45, 2.75) is 19.4 Å². The van der Waals surface area contributed by atoms with Gasteiger partial charge in [0, 0.05) is 12.2 Å². The third-order valence-electron chi connectivity index (χ3n) is 3.08. The second-order valence-corrected chi connectivity index (χ2v) is 4.63. The molecule has 4 nitrogen and oxygen atoms in total. The fourth-order valence-electron chi connectivity index (χ4n) is 2.08. The number of likely N-dealkylation sites (N-methyl/N-ethyl adjacent to an activating group) is 1. The average Bonchev–Trinajstić information content (AvgIpc) is 2.48. The van der Waals surface area contributed by atoms with Crippen LogP contribution in [0, 0.1) is 0 Å². The van der Waals surface area contributed by atoms with E-state index in [0.29, 0.717) is 12.4 Å². The molecular formula is C16H21N3O. The van der Waals surface area contributed by atoms with Gasteiger partial charge < -0.3 is 15.8 Å². The molecule has 3 N–H and O–H groups in total. The summed E-state index contributed by atoms with van der Waals surface area (Å²) in [6.07, 6.45) is 2.52. The zero-order chi connectivity index (χ0) is 14.2. The number of anilines is 1. The van der Waals surface area contributed by atoms with Crippen molar-refractivity contribution >= 4 is 5.82 Å². The van der Waals surface area contributed by atoms with Crippen LogP contribution in [0.2, 0.25) is 0 Å². The minimum atomic E-state index is 0.215. The van der Waals surface area contributed by atoms with Crippen molar-refractivity contribution in [3.8, 4) is 5.75 Å². The van der Waals surface area contributed by atoms with Gasteiger partial charge in [-0.15, -0.1) is 0 Å². The molecule has 106 valence electrons. The second kappa shape index (κ2) is 7.50. The third kappa shape index (κ3) is 4.24. The Labute approximate surface area is 120 Å². The lowest BCUT2D eigenvalue weighted by molar-refractivity contribution is 0.265. The highest BCUT2D eigenvalue weighted by Gasteiger charge is 2.11. The molecule has 0 aliphatic carbocycles. The first-order chi connectivity index (χ1) is 9.79. The summed E-state index contributed by atoms with van der Waals surface area (Å²) in [5.74, 6) is 1.48. The van der Waals surface area contributed by atoms with Gasteiger partial charge in [-0.05, 0) is 36.7 Å². The summed E-state index contributed by atoms with van der Waals surface area (Å²) in [6, 6.07) is 14.0. The van der Waals surface area contributed by atoms with Crippen molar-refractivity contribution < 1.29 is 4.74 Å².